The third kappa shape index (κ3) is 2.51. The van der Waals surface area contributed by atoms with Crippen LogP contribution >= 0.6 is 0 Å². The Morgan fingerprint density at radius 1 is 1.06 bits per heavy atom. The van der Waals surface area contributed by atoms with Crippen LogP contribution in [0.25, 0.3) is 0 Å². The second-order valence-electron chi connectivity index (χ2n) is 4.35. The highest BCUT2D eigenvalue weighted by Crippen LogP contribution is 2.17. The van der Waals surface area contributed by atoms with Gasteiger partial charge in [-0.15, -0.1) is 0 Å². The Morgan fingerprint density at radius 2 is 1.67 bits per heavy atom. The second kappa shape index (κ2) is 4.92. The molecule has 0 aliphatic heterocycles. The largest absolute Gasteiger partial charge is 0.399 e. The zero-order valence-electron chi connectivity index (χ0n) is 10.5. The summed E-state index contributed by atoms with van der Waals surface area (Å²) in [6, 6.07) is 13.0. The molecule has 0 spiro atoms. The SMILES string of the molecule is Cc1cccc(C)c1C(=O)Nc1cccc(N)c1. The van der Waals surface area contributed by atoms with Gasteiger partial charge in [0.1, 0.15) is 0 Å². The fourth-order valence-corrected chi connectivity index (χ4v) is 1.98. The molecule has 0 atom stereocenters. The van der Waals surface area contributed by atoms with Crippen molar-refractivity contribution >= 4 is 17.3 Å². The van der Waals surface area contributed by atoms with E-state index < -0.39 is 0 Å². The number of carbonyl (C=O) groups excluding carboxylic acids is 1. The number of hydrogen-bond donors (Lipinski definition) is 2. The van der Waals surface area contributed by atoms with Crippen molar-refractivity contribution in [3.63, 3.8) is 0 Å². The highest BCUT2D eigenvalue weighted by atomic mass is 16.1. The van der Waals surface area contributed by atoms with Crippen LogP contribution in [0.1, 0.15) is 21.5 Å². The van der Waals surface area contributed by atoms with E-state index in [0.29, 0.717) is 11.4 Å². The zero-order chi connectivity index (χ0) is 13.1. The van der Waals surface area contributed by atoms with Crippen molar-refractivity contribution in [2.24, 2.45) is 0 Å². The van der Waals surface area contributed by atoms with Gasteiger partial charge in [0.2, 0.25) is 0 Å². The van der Waals surface area contributed by atoms with E-state index in [4.69, 9.17) is 5.73 Å². The van der Waals surface area contributed by atoms with Crippen molar-refractivity contribution in [2.45, 2.75) is 13.8 Å². The van der Waals surface area contributed by atoms with E-state index >= 15 is 0 Å². The minimum Gasteiger partial charge on any atom is -0.399 e. The summed E-state index contributed by atoms with van der Waals surface area (Å²) in [6.07, 6.45) is 0. The predicted molar refractivity (Wildman–Crippen MR) is 74.7 cm³/mol. The number of carbonyl (C=O) groups is 1. The van der Waals surface area contributed by atoms with Crippen molar-refractivity contribution in [3.8, 4) is 0 Å². The molecule has 2 rings (SSSR count). The summed E-state index contributed by atoms with van der Waals surface area (Å²) >= 11 is 0. The van der Waals surface area contributed by atoms with Gasteiger partial charge >= 0.3 is 0 Å². The van der Waals surface area contributed by atoms with E-state index in [0.717, 1.165) is 16.7 Å². The number of anilines is 2. The number of nitrogens with one attached hydrogen (secondary N) is 1. The smallest absolute Gasteiger partial charge is 0.256 e. The van der Waals surface area contributed by atoms with Gasteiger partial charge in [0.25, 0.3) is 5.91 Å². The van der Waals surface area contributed by atoms with Gasteiger partial charge in [-0.3, -0.25) is 4.79 Å². The number of aryl methyl sites for hydroxylation is 2. The summed E-state index contributed by atoms with van der Waals surface area (Å²) in [4.78, 5) is 12.2. The maximum atomic E-state index is 12.2. The van der Waals surface area contributed by atoms with Crippen molar-refractivity contribution in [3.05, 3.63) is 59.2 Å². The van der Waals surface area contributed by atoms with Gasteiger partial charge in [0.15, 0.2) is 0 Å². The fourth-order valence-electron chi connectivity index (χ4n) is 1.98. The molecule has 0 saturated carbocycles. The Balaban J connectivity index is 2.28. The van der Waals surface area contributed by atoms with Crippen molar-refractivity contribution < 1.29 is 4.79 Å². The molecule has 0 saturated heterocycles. The fraction of sp³-hybridized carbons (Fsp3) is 0.133. The predicted octanol–water partition coefficient (Wildman–Crippen LogP) is 3.14. The molecule has 0 bridgehead atoms. The molecule has 0 aromatic heterocycles. The lowest BCUT2D eigenvalue weighted by atomic mass is 10.0. The molecule has 92 valence electrons. The highest BCUT2D eigenvalue weighted by molar-refractivity contribution is 6.06. The third-order valence-corrected chi connectivity index (χ3v) is 2.85. The Bertz CT molecular complexity index is 571. The number of nitrogen functional groups attached to an aromatic ring is 1. The van der Waals surface area contributed by atoms with E-state index in [1.807, 2.05) is 44.2 Å². The average molecular weight is 240 g/mol. The number of nitrogens with two attached hydrogens (primary N) is 1. The summed E-state index contributed by atoms with van der Waals surface area (Å²) in [6.45, 7) is 3.86. The Labute approximate surface area is 107 Å². The summed E-state index contributed by atoms with van der Waals surface area (Å²) in [7, 11) is 0. The molecule has 1 amide bonds. The van der Waals surface area contributed by atoms with Gasteiger partial charge in [-0.05, 0) is 43.2 Å². The van der Waals surface area contributed by atoms with E-state index in [1.54, 1.807) is 12.1 Å². The van der Waals surface area contributed by atoms with Crippen LogP contribution in [0.4, 0.5) is 11.4 Å². The molecular weight excluding hydrogens is 224 g/mol. The number of benzene rings is 2. The maximum Gasteiger partial charge on any atom is 0.256 e. The lowest BCUT2D eigenvalue weighted by Gasteiger charge is -2.10. The van der Waals surface area contributed by atoms with Crippen LogP contribution < -0.4 is 11.1 Å². The summed E-state index contributed by atoms with van der Waals surface area (Å²) in [5, 5.41) is 2.86. The third-order valence-electron chi connectivity index (χ3n) is 2.85. The summed E-state index contributed by atoms with van der Waals surface area (Å²) < 4.78 is 0. The van der Waals surface area contributed by atoms with Crippen LogP contribution in [0.3, 0.4) is 0 Å². The molecule has 0 radical (unpaired) electrons. The van der Waals surface area contributed by atoms with Crippen LogP contribution in [0.5, 0.6) is 0 Å². The van der Waals surface area contributed by atoms with Crippen molar-refractivity contribution in [1.82, 2.24) is 0 Å². The van der Waals surface area contributed by atoms with Gasteiger partial charge in [0.05, 0.1) is 0 Å². The van der Waals surface area contributed by atoms with Gasteiger partial charge in [-0.2, -0.15) is 0 Å². The van der Waals surface area contributed by atoms with Crippen molar-refractivity contribution in [2.75, 3.05) is 11.1 Å². The second-order valence-corrected chi connectivity index (χ2v) is 4.35. The van der Waals surface area contributed by atoms with E-state index in [-0.39, 0.29) is 5.91 Å². The van der Waals surface area contributed by atoms with Crippen LogP contribution in [-0.4, -0.2) is 5.91 Å². The van der Waals surface area contributed by atoms with Gasteiger partial charge in [0, 0.05) is 16.9 Å². The van der Waals surface area contributed by atoms with Gasteiger partial charge in [-0.25, -0.2) is 0 Å². The first-order chi connectivity index (χ1) is 8.58. The van der Waals surface area contributed by atoms with Crippen LogP contribution in [-0.2, 0) is 0 Å². The Hall–Kier alpha value is -2.29. The lowest BCUT2D eigenvalue weighted by Crippen LogP contribution is -2.15. The van der Waals surface area contributed by atoms with Crippen molar-refractivity contribution in [1.29, 1.82) is 0 Å². The molecule has 3 heteroatoms. The van der Waals surface area contributed by atoms with Crippen LogP contribution in [0.15, 0.2) is 42.5 Å². The highest BCUT2D eigenvalue weighted by Gasteiger charge is 2.11. The molecule has 2 aromatic carbocycles. The molecule has 18 heavy (non-hydrogen) atoms. The molecule has 0 fully saturated rings. The quantitative estimate of drug-likeness (QED) is 0.792. The average Bonchev–Trinajstić information content (AvgIpc) is 2.28. The monoisotopic (exact) mass is 240 g/mol. The number of hydrogen-bond acceptors (Lipinski definition) is 2. The lowest BCUT2D eigenvalue weighted by molar-refractivity contribution is 0.102. The van der Waals surface area contributed by atoms with E-state index in [1.165, 1.54) is 0 Å². The van der Waals surface area contributed by atoms with Gasteiger partial charge < -0.3 is 11.1 Å². The zero-order valence-corrected chi connectivity index (χ0v) is 10.5. The standard InChI is InChI=1S/C15H16N2O/c1-10-5-3-6-11(2)14(10)15(18)17-13-8-4-7-12(16)9-13/h3-9H,16H2,1-2H3,(H,17,18). The first-order valence-electron chi connectivity index (χ1n) is 5.81. The molecule has 3 N–H and O–H groups in total. The molecule has 0 heterocycles. The maximum absolute atomic E-state index is 12.2. The number of rotatable bonds is 2. The molecular formula is C15H16N2O. The molecule has 0 aliphatic rings. The molecule has 3 nitrogen and oxygen atoms in total. The molecule has 0 aliphatic carbocycles. The Kier molecular flexibility index (Phi) is 3.33. The normalized spacial score (nSPS) is 10.1. The van der Waals surface area contributed by atoms with E-state index in [9.17, 15) is 4.79 Å². The van der Waals surface area contributed by atoms with E-state index in [2.05, 4.69) is 5.32 Å². The molecule has 0 unspecified atom stereocenters. The summed E-state index contributed by atoms with van der Waals surface area (Å²) in [5.74, 6) is -0.101. The molecule has 2 aromatic rings. The minimum atomic E-state index is -0.101. The first kappa shape index (κ1) is 12.2. The minimum absolute atomic E-state index is 0.101. The Morgan fingerprint density at radius 3 is 2.28 bits per heavy atom. The van der Waals surface area contributed by atoms with Gasteiger partial charge in [-0.1, -0.05) is 24.3 Å². The summed E-state index contributed by atoms with van der Waals surface area (Å²) in [5.41, 5.74) is 9.69. The first-order valence-corrected chi connectivity index (χ1v) is 5.81. The number of amides is 1. The van der Waals surface area contributed by atoms with Crippen LogP contribution in [0, 0.1) is 13.8 Å². The topological polar surface area (TPSA) is 55.1 Å². The van der Waals surface area contributed by atoms with Crippen LogP contribution in [0.2, 0.25) is 0 Å².